The van der Waals surface area contributed by atoms with Crippen LogP contribution in [0.25, 0.3) is 0 Å². The van der Waals surface area contributed by atoms with Gasteiger partial charge in [0.25, 0.3) is 0 Å². The van der Waals surface area contributed by atoms with Crippen LogP contribution in [0.5, 0.6) is 0 Å². The lowest BCUT2D eigenvalue weighted by atomic mass is 9.63. The summed E-state index contributed by atoms with van der Waals surface area (Å²) in [7, 11) is 0. The summed E-state index contributed by atoms with van der Waals surface area (Å²) >= 11 is 0. The third-order valence-corrected chi connectivity index (χ3v) is 3.51. The summed E-state index contributed by atoms with van der Waals surface area (Å²) in [5.41, 5.74) is 0.576. The van der Waals surface area contributed by atoms with Crippen molar-refractivity contribution in [3.63, 3.8) is 0 Å². The van der Waals surface area contributed by atoms with Gasteiger partial charge in [-0.25, -0.2) is 0 Å². The molecule has 2 nitrogen and oxygen atoms in total. The monoisotopic (exact) mass is 185 g/mol. The van der Waals surface area contributed by atoms with Gasteiger partial charge in [0.2, 0.25) is 0 Å². The molecule has 1 rings (SSSR count). The van der Waals surface area contributed by atoms with Gasteiger partial charge >= 0.3 is 0 Å². The molecule has 1 fully saturated rings. The standard InChI is InChI=1S/C11H23NO/c1-4-12-9-13-8-10(2)11(3)6-5-7-11/h10,12H,4-9H2,1-3H3/t10-/m0/s1. The average Bonchev–Trinajstić information content (AvgIpc) is 2.08. The lowest BCUT2D eigenvalue weighted by Gasteiger charge is -2.43. The Kier molecular flexibility index (Phi) is 4.20. The minimum atomic E-state index is 0.576. The van der Waals surface area contributed by atoms with E-state index in [9.17, 15) is 0 Å². The minimum absolute atomic E-state index is 0.576. The van der Waals surface area contributed by atoms with Crippen LogP contribution in [-0.4, -0.2) is 19.9 Å². The van der Waals surface area contributed by atoms with Gasteiger partial charge in [-0.05, 0) is 30.7 Å². The fraction of sp³-hybridized carbons (Fsp3) is 1.00. The van der Waals surface area contributed by atoms with Gasteiger partial charge in [-0.2, -0.15) is 0 Å². The van der Waals surface area contributed by atoms with Gasteiger partial charge in [0.1, 0.15) is 0 Å². The Morgan fingerprint density at radius 2 is 2.15 bits per heavy atom. The minimum Gasteiger partial charge on any atom is -0.366 e. The third kappa shape index (κ3) is 2.96. The Morgan fingerprint density at radius 3 is 2.62 bits per heavy atom. The Labute approximate surface area is 82.0 Å². The van der Waals surface area contributed by atoms with Crippen molar-refractivity contribution in [2.24, 2.45) is 11.3 Å². The van der Waals surface area contributed by atoms with Crippen LogP contribution in [0.15, 0.2) is 0 Å². The summed E-state index contributed by atoms with van der Waals surface area (Å²) in [5.74, 6) is 0.708. The topological polar surface area (TPSA) is 21.3 Å². The molecule has 0 unspecified atom stereocenters. The predicted octanol–water partition coefficient (Wildman–Crippen LogP) is 2.40. The molecule has 0 aliphatic heterocycles. The molecule has 2 heteroatoms. The highest BCUT2D eigenvalue weighted by molar-refractivity contribution is 4.87. The number of ether oxygens (including phenoxy) is 1. The lowest BCUT2D eigenvalue weighted by Crippen LogP contribution is -2.36. The molecule has 0 amide bonds. The first kappa shape index (κ1) is 11.0. The van der Waals surface area contributed by atoms with Crippen LogP contribution < -0.4 is 5.32 Å². The van der Waals surface area contributed by atoms with Crippen molar-refractivity contribution in [3.8, 4) is 0 Å². The van der Waals surface area contributed by atoms with Gasteiger partial charge in [0.05, 0.1) is 13.3 Å². The third-order valence-electron chi connectivity index (χ3n) is 3.51. The van der Waals surface area contributed by atoms with Crippen LogP contribution in [0.2, 0.25) is 0 Å². The summed E-state index contributed by atoms with van der Waals surface area (Å²) in [6.45, 7) is 9.40. The maximum Gasteiger partial charge on any atom is 0.0965 e. The first-order chi connectivity index (χ1) is 6.19. The van der Waals surface area contributed by atoms with Crippen molar-refractivity contribution in [1.29, 1.82) is 0 Å². The number of hydrogen-bond acceptors (Lipinski definition) is 2. The van der Waals surface area contributed by atoms with E-state index in [1.807, 2.05) is 0 Å². The first-order valence-electron chi connectivity index (χ1n) is 5.47. The molecule has 1 N–H and O–H groups in total. The van der Waals surface area contributed by atoms with E-state index >= 15 is 0 Å². The number of hydrogen-bond donors (Lipinski definition) is 1. The van der Waals surface area contributed by atoms with Crippen molar-refractivity contribution in [1.82, 2.24) is 5.32 Å². The molecule has 0 saturated heterocycles. The molecule has 0 aromatic rings. The summed E-state index contributed by atoms with van der Waals surface area (Å²) in [6, 6.07) is 0. The second-order valence-corrected chi connectivity index (χ2v) is 4.53. The zero-order valence-corrected chi connectivity index (χ0v) is 9.23. The Hall–Kier alpha value is -0.0800. The van der Waals surface area contributed by atoms with E-state index < -0.39 is 0 Å². The van der Waals surface area contributed by atoms with Crippen molar-refractivity contribution < 1.29 is 4.74 Å². The smallest absolute Gasteiger partial charge is 0.0965 e. The molecule has 0 aromatic heterocycles. The molecule has 0 radical (unpaired) electrons. The van der Waals surface area contributed by atoms with Crippen LogP contribution in [0.1, 0.15) is 40.0 Å². The Morgan fingerprint density at radius 1 is 1.46 bits per heavy atom. The molecule has 0 bridgehead atoms. The van der Waals surface area contributed by atoms with Crippen LogP contribution >= 0.6 is 0 Å². The Bertz CT molecular complexity index is 143. The quantitative estimate of drug-likeness (QED) is 0.507. The summed E-state index contributed by atoms with van der Waals surface area (Å²) in [5, 5.41) is 3.17. The van der Waals surface area contributed by atoms with Crippen molar-refractivity contribution in [2.75, 3.05) is 19.9 Å². The fourth-order valence-electron chi connectivity index (χ4n) is 1.84. The van der Waals surface area contributed by atoms with E-state index in [1.165, 1.54) is 19.3 Å². The number of rotatable bonds is 6. The number of nitrogens with one attached hydrogen (secondary N) is 1. The van der Waals surface area contributed by atoms with Crippen molar-refractivity contribution >= 4 is 0 Å². The fourth-order valence-corrected chi connectivity index (χ4v) is 1.84. The van der Waals surface area contributed by atoms with Crippen LogP contribution in [0.4, 0.5) is 0 Å². The molecule has 1 aliphatic rings. The van der Waals surface area contributed by atoms with Crippen LogP contribution in [-0.2, 0) is 4.74 Å². The molecule has 0 spiro atoms. The summed E-state index contributed by atoms with van der Waals surface area (Å²) in [6.07, 6.45) is 4.19. The highest BCUT2D eigenvalue weighted by Crippen LogP contribution is 2.46. The first-order valence-corrected chi connectivity index (χ1v) is 5.47. The van der Waals surface area contributed by atoms with Gasteiger partial charge in [0, 0.05) is 0 Å². The van der Waals surface area contributed by atoms with Crippen molar-refractivity contribution in [3.05, 3.63) is 0 Å². The molecule has 0 aromatic carbocycles. The molecular formula is C11H23NO. The lowest BCUT2D eigenvalue weighted by molar-refractivity contribution is 0.00206. The SMILES string of the molecule is CCNCOC[C@H](C)C1(C)CCC1. The van der Waals surface area contributed by atoms with Gasteiger partial charge in [-0.1, -0.05) is 27.2 Å². The van der Waals surface area contributed by atoms with E-state index in [0.29, 0.717) is 18.1 Å². The second kappa shape index (κ2) is 4.97. The highest BCUT2D eigenvalue weighted by Gasteiger charge is 2.36. The summed E-state index contributed by atoms with van der Waals surface area (Å²) in [4.78, 5) is 0. The van der Waals surface area contributed by atoms with Gasteiger partial charge in [-0.3, -0.25) is 5.32 Å². The molecule has 1 saturated carbocycles. The molecule has 78 valence electrons. The van der Waals surface area contributed by atoms with E-state index in [2.05, 4.69) is 26.1 Å². The van der Waals surface area contributed by atoms with E-state index in [0.717, 1.165) is 13.2 Å². The van der Waals surface area contributed by atoms with E-state index in [4.69, 9.17) is 4.74 Å². The van der Waals surface area contributed by atoms with Gasteiger partial charge in [0.15, 0.2) is 0 Å². The summed E-state index contributed by atoms with van der Waals surface area (Å²) < 4.78 is 5.55. The van der Waals surface area contributed by atoms with Crippen LogP contribution in [0.3, 0.4) is 0 Å². The molecular weight excluding hydrogens is 162 g/mol. The van der Waals surface area contributed by atoms with Crippen LogP contribution in [0, 0.1) is 11.3 Å². The van der Waals surface area contributed by atoms with E-state index in [1.54, 1.807) is 0 Å². The zero-order valence-electron chi connectivity index (χ0n) is 9.23. The zero-order chi connectivity index (χ0) is 9.73. The highest BCUT2D eigenvalue weighted by atomic mass is 16.5. The largest absolute Gasteiger partial charge is 0.366 e. The normalized spacial score (nSPS) is 22.4. The molecule has 1 atom stereocenters. The molecule has 1 aliphatic carbocycles. The molecule has 0 heterocycles. The maximum atomic E-state index is 5.55. The second-order valence-electron chi connectivity index (χ2n) is 4.53. The molecule has 13 heavy (non-hydrogen) atoms. The van der Waals surface area contributed by atoms with E-state index in [-0.39, 0.29) is 0 Å². The average molecular weight is 185 g/mol. The maximum absolute atomic E-state index is 5.55. The Balaban J connectivity index is 2.06. The predicted molar refractivity (Wildman–Crippen MR) is 55.6 cm³/mol. The van der Waals surface area contributed by atoms with Gasteiger partial charge in [-0.15, -0.1) is 0 Å². The van der Waals surface area contributed by atoms with Crippen molar-refractivity contribution in [2.45, 2.75) is 40.0 Å². The van der Waals surface area contributed by atoms with Gasteiger partial charge < -0.3 is 4.74 Å².